The van der Waals surface area contributed by atoms with Crippen molar-refractivity contribution in [3.05, 3.63) is 60.2 Å². The number of carbonyl (C=O) groups excluding carboxylic acids is 3. The summed E-state index contributed by atoms with van der Waals surface area (Å²) >= 11 is 1.65. The van der Waals surface area contributed by atoms with Crippen molar-refractivity contribution in [3.8, 4) is 0 Å². The van der Waals surface area contributed by atoms with Gasteiger partial charge in [0.15, 0.2) is 0 Å². The van der Waals surface area contributed by atoms with Gasteiger partial charge in [-0.25, -0.2) is 0 Å². The monoisotopic (exact) mass is 578 g/mol. The second-order valence-electron chi connectivity index (χ2n) is 11.5. The molecule has 5 rings (SSSR count). The van der Waals surface area contributed by atoms with Gasteiger partial charge >= 0.3 is 0 Å². The van der Waals surface area contributed by atoms with Gasteiger partial charge in [-0.1, -0.05) is 44.2 Å². The van der Waals surface area contributed by atoms with E-state index in [1.165, 1.54) is 0 Å². The highest BCUT2D eigenvalue weighted by molar-refractivity contribution is 8.02. The van der Waals surface area contributed by atoms with E-state index in [1.54, 1.807) is 16.7 Å². The molecule has 0 aliphatic carbocycles. The molecule has 9 heteroatoms. The maximum atomic E-state index is 14.3. The Kier molecular flexibility index (Phi) is 8.66. The highest BCUT2D eigenvalue weighted by Crippen LogP contribution is 2.68. The van der Waals surface area contributed by atoms with E-state index in [1.807, 2.05) is 61.5 Å². The van der Waals surface area contributed by atoms with Crippen LogP contribution >= 0.6 is 11.8 Å². The molecule has 3 amide bonds. The van der Waals surface area contributed by atoms with Gasteiger partial charge in [-0.15, -0.1) is 11.8 Å². The molecule has 3 fully saturated rings. The number of benzene rings is 2. The molecule has 3 unspecified atom stereocenters. The van der Waals surface area contributed by atoms with Gasteiger partial charge in [-0.05, 0) is 62.4 Å². The molecule has 3 N–H and O–H groups in total. The van der Waals surface area contributed by atoms with Crippen molar-refractivity contribution in [3.63, 3.8) is 0 Å². The number of carbonyl (C=O) groups is 3. The second kappa shape index (κ2) is 12.1. The van der Waals surface area contributed by atoms with Crippen molar-refractivity contribution in [2.75, 3.05) is 29.9 Å². The van der Waals surface area contributed by atoms with Gasteiger partial charge in [0.05, 0.1) is 29.2 Å². The molecule has 7 atom stereocenters. The minimum atomic E-state index is -0.781. The topological polar surface area (TPSA) is 102 Å². The van der Waals surface area contributed by atoms with Crippen molar-refractivity contribution < 1.29 is 19.5 Å². The number of nitrogens with zero attached hydrogens (tertiary/aromatic N) is 2. The molecule has 8 nitrogen and oxygen atoms in total. The van der Waals surface area contributed by atoms with Crippen LogP contribution in [-0.2, 0) is 20.9 Å². The minimum Gasteiger partial charge on any atom is -0.394 e. The number of aliphatic hydroxyl groups is 1. The van der Waals surface area contributed by atoms with E-state index in [-0.39, 0.29) is 35.5 Å². The normalized spacial score (nSPS) is 28.9. The molecule has 3 aliphatic heterocycles. The van der Waals surface area contributed by atoms with Crippen LogP contribution in [0.5, 0.6) is 0 Å². The standard InChI is InChI=1S/C32H42N4O4S/c1-5-23(19-37)36-28(30(39)34-22-13-15-24(16-14-22)35(6-2)7-3)32-20(4)17-25(41-32)26(27(32)31(36)40)29(38)33-18-21-11-9-8-10-12-21/h8-16,20,23,25-28,37H,5-7,17-19H2,1-4H3,(H,33,38)(H,34,39)/t20?,23-,25+,26-,27-,28?,32?/m0/s1. The number of anilines is 2. The van der Waals surface area contributed by atoms with E-state index in [4.69, 9.17) is 0 Å². The smallest absolute Gasteiger partial charge is 0.248 e. The Labute approximate surface area is 247 Å². The lowest BCUT2D eigenvalue weighted by atomic mass is 9.66. The van der Waals surface area contributed by atoms with Gasteiger partial charge in [0, 0.05) is 36.3 Å². The maximum Gasteiger partial charge on any atom is 0.248 e. The number of amides is 3. The predicted molar refractivity (Wildman–Crippen MR) is 164 cm³/mol. The zero-order valence-electron chi connectivity index (χ0n) is 24.4. The zero-order valence-corrected chi connectivity index (χ0v) is 25.2. The van der Waals surface area contributed by atoms with E-state index >= 15 is 0 Å². The molecule has 2 bridgehead atoms. The Morgan fingerprint density at radius 1 is 1.07 bits per heavy atom. The van der Waals surface area contributed by atoms with Gasteiger partial charge in [0.25, 0.3) is 0 Å². The highest BCUT2D eigenvalue weighted by Gasteiger charge is 2.76. The molecule has 41 heavy (non-hydrogen) atoms. The van der Waals surface area contributed by atoms with Crippen LogP contribution in [0.4, 0.5) is 11.4 Å². The van der Waals surface area contributed by atoms with Crippen LogP contribution in [-0.4, -0.2) is 69.5 Å². The SMILES string of the molecule is CC[C@@H](CO)N1C(=O)[C@@H]2[C@@H](C(=O)NCc3ccccc3)[C@H]3CC(C)C2(S3)C1C(=O)Nc1ccc(N(CC)CC)cc1. The van der Waals surface area contributed by atoms with Crippen molar-refractivity contribution in [1.82, 2.24) is 10.2 Å². The first-order valence-corrected chi connectivity index (χ1v) is 15.8. The van der Waals surface area contributed by atoms with E-state index < -0.39 is 28.7 Å². The summed E-state index contributed by atoms with van der Waals surface area (Å²) in [5, 5.41) is 16.4. The van der Waals surface area contributed by atoms with Crippen LogP contribution in [0, 0.1) is 17.8 Å². The van der Waals surface area contributed by atoms with Crippen LogP contribution in [0.2, 0.25) is 0 Å². The van der Waals surface area contributed by atoms with Crippen LogP contribution in [0.25, 0.3) is 0 Å². The van der Waals surface area contributed by atoms with Crippen molar-refractivity contribution >= 4 is 40.9 Å². The lowest BCUT2D eigenvalue weighted by Crippen LogP contribution is -2.57. The summed E-state index contributed by atoms with van der Waals surface area (Å²) in [5.41, 5.74) is 2.74. The first-order valence-electron chi connectivity index (χ1n) is 14.9. The fourth-order valence-corrected chi connectivity index (χ4v) is 9.73. The summed E-state index contributed by atoms with van der Waals surface area (Å²) in [5.74, 6) is -1.65. The van der Waals surface area contributed by atoms with Gasteiger partial charge in [0.1, 0.15) is 6.04 Å². The van der Waals surface area contributed by atoms with Crippen molar-refractivity contribution in [1.29, 1.82) is 0 Å². The quantitative estimate of drug-likeness (QED) is 0.374. The summed E-state index contributed by atoms with van der Waals surface area (Å²) in [6, 6.07) is 16.2. The molecule has 3 saturated heterocycles. The molecule has 220 valence electrons. The Morgan fingerprint density at radius 3 is 2.37 bits per heavy atom. The number of nitrogens with one attached hydrogen (secondary N) is 2. The third-order valence-corrected chi connectivity index (χ3v) is 11.5. The molecule has 0 saturated carbocycles. The molecule has 3 heterocycles. The molecule has 3 aliphatic rings. The Morgan fingerprint density at radius 2 is 1.76 bits per heavy atom. The Bertz CT molecular complexity index is 1250. The zero-order chi connectivity index (χ0) is 29.3. The number of thioether (sulfide) groups is 1. The van der Waals surface area contributed by atoms with E-state index in [9.17, 15) is 19.5 Å². The fraction of sp³-hybridized carbons (Fsp3) is 0.531. The summed E-state index contributed by atoms with van der Waals surface area (Å²) in [6.45, 7) is 10.2. The molecular formula is C32H42N4O4S. The maximum absolute atomic E-state index is 14.3. The number of hydrogen-bond acceptors (Lipinski definition) is 6. The lowest BCUT2D eigenvalue weighted by Gasteiger charge is -2.40. The minimum absolute atomic E-state index is 0.0327. The molecule has 1 spiro atoms. The van der Waals surface area contributed by atoms with Crippen LogP contribution in [0.1, 0.15) is 46.1 Å². The van der Waals surface area contributed by atoms with Gasteiger partial charge in [-0.2, -0.15) is 0 Å². The molecule has 0 aromatic heterocycles. The summed E-state index contributed by atoms with van der Waals surface area (Å²) < 4.78 is -0.732. The number of hydrogen-bond donors (Lipinski definition) is 3. The molecule has 0 radical (unpaired) electrons. The van der Waals surface area contributed by atoms with Gasteiger partial charge < -0.3 is 25.5 Å². The lowest BCUT2D eigenvalue weighted by molar-refractivity contribution is -0.142. The summed E-state index contributed by atoms with van der Waals surface area (Å²) in [7, 11) is 0. The van der Waals surface area contributed by atoms with E-state index in [0.29, 0.717) is 18.7 Å². The highest BCUT2D eigenvalue weighted by atomic mass is 32.2. The van der Waals surface area contributed by atoms with Gasteiger partial charge in [0.2, 0.25) is 17.7 Å². The number of rotatable bonds is 11. The number of aliphatic hydroxyl groups excluding tert-OH is 1. The first-order chi connectivity index (χ1) is 19.8. The summed E-state index contributed by atoms with van der Waals surface area (Å²) in [6.07, 6.45) is 1.28. The molecule has 2 aromatic carbocycles. The predicted octanol–water partition coefficient (Wildman–Crippen LogP) is 3.90. The average molecular weight is 579 g/mol. The largest absolute Gasteiger partial charge is 0.394 e. The Hall–Kier alpha value is -3.04. The second-order valence-corrected chi connectivity index (χ2v) is 13.0. The van der Waals surface area contributed by atoms with Crippen molar-refractivity contribution in [2.24, 2.45) is 17.8 Å². The van der Waals surface area contributed by atoms with Crippen LogP contribution < -0.4 is 15.5 Å². The summed E-state index contributed by atoms with van der Waals surface area (Å²) in [4.78, 5) is 46.0. The molecule has 2 aromatic rings. The van der Waals surface area contributed by atoms with Crippen LogP contribution in [0.15, 0.2) is 54.6 Å². The number of fused-ring (bicyclic) bond motifs is 1. The van der Waals surface area contributed by atoms with Gasteiger partial charge in [-0.3, -0.25) is 14.4 Å². The number of likely N-dealkylation sites (tertiary alicyclic amines) is 1. The third-order valence-electron chi connectivity index (χ3n) is 9.38. The molecular weight excluding hydrogens is 536 g/mol. The van der Waals surface area contributed by atoms with E-state index in [2.05, 4.69) is 36.3 Å². The first kappa shape index (κ1) is 29.5. The van der Waals surface area contributed by atoms with Crippen molar-refractivity contribution in [2.45, 2.75) is 69.2 Å². The van der Waals surface area contributed by atoms with Crippen LogP contribution in [0.3, 0.4) is 0 Å². The average Bonchev–Trinajstić information content (AvgIpc) is 3.58. The Balaban J connectivity index is 1.44. The fourth-order valence-electron chi connectivity index (χ4n) is 7.32. The van der Waals surface area contributed by atoms with E-state index in [0.717, 1.165) is 30.8 Å². The third kappa shape index (κ3) is 5.01.